The molecule has 0 spiro atoms. The highest BCUT2D eigenvalue weighted by Crippen LogP contribution is 2.29. The molecule has 1 radical (unpaired) electrons. The fraction of sp³-hybridized carbons (Fsp3) is 0.286. The number of aliphatic imine (C=N–C) groups is 1. The van der Waals surface area contributed by atoms with Crippen molar-refractivity contribution in [2.45, 2.75) is 6.92 Å². The van der Waals surface area contributed by atoms with Crippen molar-refractivity contribution in [1.82, 2.24) is 15.0 Å². The first-order valence-corrected chi connectivity index (χ1v) is 3.52. The lowest BCUT2D eigenvalue weighted by Crippen LogP contribution is -2.04. The van der Waals surface area contributed by atoms with Crippen LogP contribution in [0, 0.1) is 0 Å². The summed E-state index contributed by atoms with van der Waals surface area (Å²) in [5.41, 5.74) is 0.748. The predicted octanol–water partition coefficient (Wildman–Crippen LogP) is 0.296. The maximum absolute atomic E-state index is 5.02. The lowest BCUT2D eigenvalue weighted by atomic mass is 10.5. The molecule has 1 aliphatic rings. The first-order chi connectivity index (χ1) is 5.81. The standard InChI is InChI=1S/C7H8N4O/c1-4-10-5-6(11-4)8-3-9-7(5)12-2/h3,10H,1-2H3/q+1. The van der Waals surface area contributed by atoms with E-state index < -0.39 is 0 Å². The Hall–Kier alpha value is -1.65. The number of ether oxygens (including phenoxy) is 1. The van der Waals surface area contributed by atoms with Crippen LogP contribution in [0.15, 0.2) is 6.33 Å². The van der Waals surface area contributed by atoms with Crippen LogP contribution in [-0.4, -0.2) is 22.9 Å². The molecule has 5 heteroatoms. The fourth-order valence-corrected chi connectivity index (χ4v) is 1.08. The molecular weight excluding hydrogens is 156 g/mol. The Balaban J connectivity index is 2.51. The van der Waals surface area contributed by atoms with Gasteiger partial charge in [-0.1, -0.05) is 9.98 Å². The molecule has 0 unspecified atom stereocenters. The number of nitrogens with one attached hydrogen (secondary N) is 1. The van der Waals surface area contributed by atoms with Gasteiger partial charge in [0.2, 0.25) is 11.5 Å². The summed E-state index contributed by atoms with van der Waals surface area (Å²) in [5.74, 6) is 1.98. The fourth-order valence-electron chi connectivity index (χ4n) is 1.08. The Bertz CT molecular complexity index is 347. The molecule has 2 rings (SSSR count). The Morgan fingerprint density at radius 1 is 1.50 bits per heavy atom. The number of hydrogen-bond acceptors (Lipinski definition) is 5. The summed E-state index contributed by atoms with van der Waals surface area (Å²) in [6, 6.07) is 0. The third-order valence-electron chi connectivity index (χ3n) is 1.57. The quantitative estimate of drug-likeness (QED) is 0.648. The van der Waals surface area contributed by atoms with Gasteiger partial charge in [0.15, 0.2) is 6.33 Å². The van der Waals surface area contributed by atoms with Crippen LogP contribution in [0.1, 0.15) is 6.92 Å². The van der Waals surface area contributed by atoms with Gasteiger partial charge in [0, 0.05) is 6.92 Å². The molecule has 1 aliphatic heterocycles. The molecular formula is C7H8N4O+. The molecule has 5 nitrogen and oxygen atoms in total. The maximum Gasteiger partial charge on any atom is 0.343 e. The van der Waals surface area contributed by atoms with Gasteiger partial charge in [-0.2, -0.15) is 4.98 Å². The van der Waals surface area contributed by atoms with Crippen molar-refractivity contribution in [3.05, 3.63) is 6.33 Å². The second-order valence-corrected chi connectivity index (χ2v) is 2.40. The van der Waals surface area contributed by atoms with Gasteiger partial charge < -0.3 is 4.74 Å². The first-order valence-electron chi connectivity index (χ1n) is 3.52. The molecule has 2 heterocycles. The Morgan fingerprint density at radius 3 is 3.08 bits per heavy atom. The number of aromatic nitrogens is 2. The summed E-state index contributed by atoms with van der Waals surface area (Å²) in [5, 5.41) is 3.02. The highest BCUT2D eigenvalue weighted by molar-refractivity contribution is 6.02. The van der Waals surface area contributed by atoms with Gasteiger partial charge in [-0.3, -0.25) is 5.32 Å². The third kappa shape index (κ3) is 0.903. The zero-order valence-electron chi connectivity index (χ0n) is 6.83. The molecule has 0 aliphatic carbocycles. The molecule has 0 bridgehead atoms. The summed E-state index contributed by atoms with van der Waals surface area (Å²) >= 11 is 0. The SMILES string of the molecule is COc1ncnc2c1NC(C)=[N+]2. The smallest absolute Gasteiger partial charge is 0.343 e. The van der Waals surface area contributed by atoms with Crippen molar-refractivity contribution in [2.24, 2.45) is 0 Å². The summed E-state index contributed by atoms with van der Waals surface area (Å²) < 4.78 is 5.02. The summed E-state index contributed by atoms with van der Waals surface area (Å²) in [6.07, 6.45) is 1.43. The van der Waals surface area contributed by atoms with Gasteiger partial charge in [-0.05, 0) is 0 Å². The maximum atomic E-state index is 5.02. The highest BCUT2D eigenvalue weighted by Gasteiger charge is 2.26. The molecule has 1 N–H and O–H groups in total. The van der Waals surface area contributed by atoms with Crippen LogP contribution >= 0.6 is 0 Å². The van der Waals surface area contributed by atoms with Crippen LogP contribution in [0.25, 0.3) is 0 Å². The van der Waals surface area contributed by atoms with E-state index in [2.05, 4.69) is 20.3 Å². The molecule has 0 saturated carbocycles. The lowest BCUT2D eigenvalue weighted by molar-refractivity contribution is 0.399. The number of fused-ring (bicyclic) bond motifs is 1. The molecule has 0 aromatic carbocycles. The van der Waals surface area contributed by atoms with Crippen LogP contribution in [0.4, 0.5) is 11.5 Å². The first kappa shape index (κ1) is 7.02. The predicted molar refractivity (Wildman–Crippen MR) is 44.7 cm³/mol. The van der Waals surface area contributed by atoms with E-state index in [0.29, 0.717) is 11.7 Å². The lowest BCUT2D eigenvalue weighted by Gasteiger charge is -1.97. The molecule has 0 atom stereocenters. The van der Waals surface area contributed by atoms with E-state index in [1.165, 1.54) is 6.33 Å². The van der Waals surface area contributed by atoms with Gasteiger partial charge >= 0.3 is 5.82 Å². The Morgan fingerprint density at radius 2 is 2.33 bits per heavy atom. The third-order valence-corrected chi connectivity index (χ3v) is 1.57. The topological polar surface area (TPSA) is 61.1 Å². The van der Waals surface area contributed by atoms with E-state index in [0.717, 1.165) is 11.5 Å². The number of rotatable bonds is 1. The van der Waals surface area contributed by atoms with Crippen LogP contribution in [0.3, 0.4) is 0 Å². The Kier molecular flexibility index (Phi) is 1.43. The zero-order chi connectivity index (χ0) is 8.55. The van der Waals surface area contributed by atoms with Crippen molar-refractivity contribution >= 4 is 17.3 Å². The molecule has 0 saturated heterocycles. The molecule has 1 aromatic rings. The largest absolute Gasteiger partial charge is 0.478 e. The van der Waals surface area contributed by atoms with E-state index in [-0.39, 0.29) is 0 Å². The molecule has 0 fully saturated rings. The van der Waals surface area contributed by atoms with E-state index in [4.69, 9.17) is 4.74 Å². The van der Waals surface area contributed by atoms with E-state index in [1.54, 1.807) is 7.11 Å². The van der Waals surface area contributed by atoms with Crippen molar-refractivity contribution in [2.75, 3.05) is 12.4 Å². The zero-order valence-corrected chi connectivity index (χ0v) is 6.83. The van der Waals surface area contributed by atoms with Crippen LogP contribution in [0.2, 0.25) is 0 Å². The van der Waals surface area contributed by atoms with E-state index >= 15 is 0 Å². The summed E-state index contributed by atoms with van der Waals surface area (Å²) in [7, 11) is 1.57. The number of nitrogens with zero attached hydrogens (tertiary/aromatic N) is 3. The minimum Gasteiger partial charge on any atom is -0.478 e. The number of hydrogen-bond donors (Lipinski definition) is 1. The minimum absolute atomic E-state index is 0.528. The molecule has 1 aromatic heterocycles. The monoisotopic (exact) mass is 164 g/mol. The van der Waals surface area contributed by atoms with Crippen molar-refractivity contribution in [3.63, 3.8) is 0 Å². The van der Waals surface area contributed by atoms with Crippen LogP contribution in [-0.2, 0) is 0 Å². The van der Waals surface area contributed by atoms with Gasteiger partial charge in [0.25, 0.3) is 5.88 Å². The number of anilines is 1. The van der Waals surface area contributed by atoms with Gasteiger partial charge in [0.1, 0.15) is 0 Å². The average molecular weight is 164 g/mol. The number of methoxy groups -OCH3 is 1. The molecule has 61 valence electrons. The molecule has 12 heavy (non-hydrogen) atoms. The van der Waals surface area contributed by atoms with Crippen molar-refractivity contribution < 1.29 is 4.74 Å². The Labute approximate surface area is 69.5 Å². The van der Waals surface area contributed by atoms with Gasteiger partial charge in [-0.25, -0.2) is 0 Å². The van der Waals surface area contributed by atoms with Crippen LogP contribution < -0.4 is 15.0 Å². The van der Waals surface area contributed by atoms with E-state index in [9.17, 15) is 0 Å². The average Bonchev–Trinajstić information content (AvgIpc) is 2.44. The van der Waals surface area contributed by atoms with E-state index in [1.807, 2.05) is 6.92 Å². The summed E-state index contributed by atoms with van der Waals surface area (Å²) in [6.45, 7) is 1.86. The number of amidine groups is 1. The normalized spacial score (nSPS) is 13.3. The summed E-state index contributed by atoms with van der Waals surface area (Å²) in [4.78, 5) is 12.0. The van der Waals surface area contributed by atoms with Crippen LogP contribution in [0.5, 0.6) is 5.88 Å². The van der Waals surface area contributed by atoms with Gasteiger partial charge in [-0.15, -0.1) is 0 Å². The van der Waals surface area contributed by atoms with Gasteiger partial charge in [0.05, 0.1) is 7.11 Å². The minimum atomic E-state index is 0.528. The highest BCUT2D eigenvalue weighted by atomic mass is 16.5. The second kappa shape index (κ2) is 2.44. The van der Waals surface area contributed by atoms with Crippen molar-refractivity contribution in [3.8, 4) is 5.88 Å². The van der Waals surface area contributed by atoms with Crippen molar-refractivity contribution in [1.29, 1.82) is 0 Å². The second-order valence-electron chi connectivity index (χ2n) is 2.40. The molecule has 0 amide bonds.